The number of methoxy groups -OCH3 is 3. The predicted molar refractivity (Wildman–Crippen MR) is 124 cm³/mol. The van der Waals surface area contributed by atoms with Crippen LogP contribution in [0.1, 0.15) is 18.1 Å². The molecule has 1 amide bonds. The Bertz CT molecular complexity index is 1200. The SMILES string of the molecule is COc1cc(NC(=O)[C@@H](C)Oc2ccc(=O)n(-c3ccc(C)c(C)c3)n2)cc(OC)c1OC. The van der Waals surface area contributed by atoms with Crippen LogP contribution in [0.4, 0.5) is 5.69 Å². The van der Waals surface area contributed by atoms with Crippen LogP contribution in [0.15, 0.2) is 47.3 Å². The number of hydrogen-bond acceptors (Lipinski definition) is 7. The average Bonchev–Trinajstić information content (AvgIpc) is 2.81. The molecule has 0 aliphatic heterocycles. The van der Waals surface area contributed by atoms with Gasteiger partial charge in [0.25, 0.3) is 11.5 Å². The van der Waals surface area contributed by atoms with Crippen molar-refractivity contribution in [1.29, 1.82) is 0 Å². The Morgan fingerprint density at radius 2 is 1.61 bits per heavy atom. The zero-order chi connectivity index (χ0) is 24.1. The molecular formula is C24H27N3O6. The Labute approximate surface area is 191 Å². The van der Waals surface area contributed by atoms with Crippen LogP contribution in [-0.2, 0) is 4.79 Å². The topological polar surface area (TPSA) is 101 Å². The van der Waals surface area contributed by atoms with E-state index < -0.39 is 12.0 Å². The van der Waals surface area contributed by atoms with Gasteiger partial charge >= 0.3 is 0 Å². The lowest BCUT2D eigenvalue weighted by Gasteiger charge is -2.17. The molecule has 1 aromatic heterocycles. The van der Waals surface area contributed by atoms with Crippen molar-refractivity contribution in [2.45, 2.75) is 26.9 Å². The summed E-state index contributed by atoms with van der Waals surface area (Å²) in [6, 6.07) is 11.6. The van der Waals surface area contributed by atoms with Gasteiger partial charge in [-0.25, -0.2) is 0 Å². The summed E-state index contributed by atoms with van der Waals surface area (Å²) in [7, 11) is 4.48. The molecule has 3 rings (SSSR count). The van der Waals surface area contributed by atoms with Crippen molar-refractivity contribution in [1.82, 2.24) is 9.78 Å². The second-order valence-electron chi connectivity index (χ2n) is 7.35. The van der Waals surface area contributed by atoms with E-state index in [1.54, 1.807) is 25.1 Å². The molecule has 2 aromatic carbocycles. The van der Waals surface area contributed by atoms with Crippen molar-refractivity contribution in [2.24, 2.45) is 0 Å². The second-order valence-corrected chi connectivity index (χ2v) is 7.35. The number of carbonyl (C=O) groups excluding carboxylic acids is 1. The minimum Gasteiger partial charge on any atom is -0.493 e. The molecule has 1 heterocycles. The minimum absolute atomic E-state index is 0.139. The average molecular weight is 453 g/mol. The first-order valence-corrected chi connectivity index (χ1v) is 10.2. The van der Waals surface area contributed by atoms with Gasteiger partial charge in [0.1, 0.15) is 0 Å². The Morgan fingerprint density at radius 1 is 0.939 bits per heavy atom. The molecule has 0 spiro atoms. The maximum atomic E-state index is 12.7. The smallest absolute Gasteiger partial charge is 0.271 e. The highest BCUT2D eigenvalue weighted by Gasteiger charge is 2.19. The predicted octanol–water partition coefficient (Wildman–Crippen LogP) is 3.28. The number of carbonyl (C=O) groups is 1. The molecule has 0 unspecified atom stereocenters. The van der Waals surface area contributed by atoms with Crippen molar-refractivity contribution >= 4 is 11.6 Å². The largest absolute Gasteiger partial charge is 0.493 e. The monoisotopic (exact) mass is 453 g/mol. The normalized spacial score (nSPS) is 11.5. The third-order valence-electron chi connectivity index (χ3n) is 5.11. The van der Waals surface area contributed by atoms with E-state index in [-0.39, 0.29) is 11.4 Å². The van der Waals surface area contributed by atoms with E-state index in [2.05, 4.69) is 10.4 Å². The molecule has 0 aliphatic rings. The van der Waals surface area contributed by atoms with Crippen LogP contribution in [0.2, 0.25) is 0 Å². The van der Waals surface area contributed by atoms with Gasteiger partial charge in [-0.3, -0.25) is 9.59 Å². The van der Waals surface area contributed by atoms with Crippen molar-refractivity contribution < 1.29 is 23.7 Å². The van der Waals surface area contributed by atoms with E-state index in [1.807, 2.05) is 26.0 Å². The standard InChI is InChI=1S/C24H27N3O6/c1-14-7-8-18(11-15(14)2)27-22(28)10-9-21(26-27)33-16(3)24(29)25-17-12-19(30-4)23(32-6)20(13-17)31-5/h7-13,16H,1-6H3,(H,25,29)/t16-/m1/s1. The van der Waals surface area contributed by atoms with Gasteiger partial charge in [0.15, 0.2) is 17.6 Å². The summed E-state index contributed by atoms with van der Waals surface area (Å²) in [5.41, 5.74) is 2.89. The third-order valence-corrected chi connectivity index (χ3v) is 5.11. The first-order valence-electron chi connectivity index (χ1n) is 10.2. The molecule has 3 aromatic rings. The summed E-state index contributed by atoms with van der Waals surface area (Å²) >= 11 is 0. The first-order chi connectivity index (χ1) is 15.8. The summed E-state index contributed by atoms with van der Waals surface area (Å²) < 4.78 is 22.9. The number of anilines is 1. The quantitative estimate of drug-likeness (QED) is 0.559. The van der Waals surface area contributed by atoms with Gasteiger partial charge in [-0.2, -0.15) is 4.68 Å². The van der Waals surface area contributed by atoms with Crippen molar-refractivity contribution in [3.05, 3.63) is 63.9 Å². The number of nitrogens with zero attached hydrogens (tertiary/aromatic N) is 2. The molecule has 0 saturated heterocycles. The molecule has 0 bridgehead atoms. The van der Waals surface area contributed by atoms with E-state index in [0.717, 1.165) is 11.1 Å². The molecule has 1 atom stereocenters. The Hall–Kier alpha value is -4.01. The van der Waals surface area contributed by atoms with Gasteiger partial charge in [-0.05, 0) is 44.0 Å². The van der Waals surface area contributed by atoms with Crippen LogP contribution in [0.5, 0.6) is 23.1 Å². The maximum Gasteiger partial charge on any atom is 0.271 e. The number of aromatic nitrogens is 2. The Morgan fingerprint density at radius 3 is 2.18 bits per heavy atom. The highest BCUT2D eigenvalue weighted by atomic mass is 16.5. The van der Waals surface area contributed by atoms with Gasteiger partial charge in [-0.1, -0.05) is 6.07 Å². The maximum absolute atomic E-state index is 12.7. The molecule has 0 aliphatic carbocycles. The highest BCUT2D eigenvalue weighted by Crippen LogP contribution is 2.39. The molecule has 33 heavy (non-hydrogen) atoms. The summed E-state index contributed by atoms with van der Waals surface area (Å²) in [4.78, 5) is 25.1. The molecule has 9 nitrogen and oxygen atoms in total. The van der Waals surface area contributed by atoms with Gasteiger partial charge in [-0.15, -0.1) is 5.10 Å². The van der Waals surface area contributed by atoms with Gasteiger partial charge in [0.05, 0.1) is 27.0 Å². The fraction of sp³-hybridized carbons (Fsp3) is 0.292. The molecule has 0 fully saturated rings. The van der Waals surface area contributed by atoms with Crippen LogP contribution in [0, 0.1) is 13.8 Å². The molecule has 0 saturated carbocycles. The second kappa shape index (κ2) is 10.1. The number of benzene rings is 2. The summed E-state index contributed by atoms with van der Waals surface area (Å²) in [5.74, 6) is 0.946. The Balaban J connectivity index is 1.79. The fourth-order valence-corrected chi connectivity index (χ4v) is 3.13. The molecular weight excluding hydrogens is 426 g/mol. The lowest BCUT2D eigenvalue weighted by Crippen LogP contribution is -2.31. The van der Waals surface area contributed by atoms with Crippen LogP contribution in [0.25, 0.3) is 5.69 Å². The number of amides is 1. The number of rotatable bonds is 8. The zero-order valence-corrected chi connectivity index (χ0v) is 19.5. The highest BCUT2D eigenvalue weighted by molar-refractivity contribution is 5.94. The third kappa shape index (κ3) is 5.25. The van der Waals surface area contributed by atoms with Crippen LogP contribution in [-0.4, -0.2) is 43.1 Å². The number of ether oxygens (including phenoxy) is 4. The summed E-state index contributed by atoms with van der Waals surface area (Å²) in [6.45, 7) is 5.53. The van der Waals surface area contributed by atoms with Crippen molar-refractivity contribution in [2.75, 3.05) is 26.6 Å². The number of hydrogen-bond donors (Lipinski definition) is 1. The van der Waals surface area contributed by atoms with Gasteiger partial charge in [0, 0.05) is 30.0 Å². The van der Waals surface area contributed by atoms with Crippen LogP contribution in [0.3, 0.4) is 0 Å². The summed E-state index contributed by atoms with van der Waals surface area (Å²) in [6.07, 6.45) is -0.901. The van der Waals surface area contributed by atoms with Crippen LogP contribution >= 0.6 is 0 Å². The molecule has 0 radical (unpaired) electrons. The van der Waals surface area contributed by atoms with E-state index >= 15 is 0 Å². The fourth-order valence-electron chi connectivity index (χ4n) is 3.13. The van der Waals surface area contributed by atoms with Crippen molar-refractivity contribution in [3.8, 4) is 28.8 Å². The van der Waals surface area contributed by atoms with E-state index in [4.69, 9.17) is 18.9 Å². The zero-order valence-electron chi connectivity index (χ0n) is 19.5. The first kappa shape index (κ1) is 23.6. The lowest BCUT2D eigenvalue weighted by atomic mass is 10.1. The molecule has 1 N–H and O–H groups in total. The number of nitrogens with one attached hydrogen (secondary N) is 1. The van der Waals surface area contributed by atoms with E-state index in [0.29, 0.717) is 28.6 Å². The Kier molecular flexibility index (Phi) is 7.22. The van der Waals surface area contributed by atoms with Crippen LogP contribution < -0.4 is 29.8 Å². The molecule has 9 heteroatoms. The number of aryl methyl sites for hydroxylation is 2. The summed E-state index contributed by atoms with van der Waals surface area (Å²) in [5, 5.41) is 7.02. The van der Waals surface area contributed by atoms with Gasteiger partial charge < -0.3 is 24.3 Å². The van der Waals surface area contributed by atoms with E-state index in [1.165, 1.54) is 38.1 Å². The van der Waals surface area contributed by atoms with Crippen molar-refractivity contribution in [3.63, 3.8) is 0 Å². The molecule has 174 valence electrons. The van der Waals surface area contributed by atoms with E-state index in [9.17, 15) is 9.59 Å². The minimum atomic E-state index is -0.901. The van der Waals surface area contributed by atoms with Gasteiger partial charge in [0.2, 0.25) is 11.6 Å². The lowest BCUT2D eigenvalue weighted by molar-refractivity contribution is -0.122.